The number of ether oxygens (including phenoxy) is 1. The SMILES string of the molecule is COc1ccc(CNS(=O)(=O)c2cc(CO)cs2)cc1. The third-order valence-corrected chi connectivity index (χ3v) is 5.59. The molecule has 2 aromatic rings. The molecular weight excluding hydrogens is 298 g/mol. The predicted molar refractivity (Wildman–Crippen MR) is 77.3 cm³/mol. The van der Waals surface area contributed by atoms with Crippen molar-refractivity contribution in [2.75, 3.05) is 7.11 Å². The second kappa shape index (κ2) is 6.36. The zero-order valence-electron chi connectivity index (χ0n) is 10.9. The molecule has 1 aromatic carbocycles. The summed E-state index contributed by atoms with van der Waals surface area (Å²) in [5.74, 6) is 0.724. The molecule has 2 rings (SSSR count). The van der Waals surface area contributed by atoms with Gasteiger partial charge >= 0.3 is 0 Å². The molecule has 0 radical (unpaired) electrons. The van der Waals surface area contributed by atoms with Crippen LogP contribution in [0.2, 0.25) is 0 Å². The van der Waals surface area contributed by atoms with Crippen LogP contribution < -0.4 is 9.46 Å². The molecule has 0 saturated carbocycles. The van der Waals surface area contributed by atoms with Gasteiger partial charge < -0.3 is 9.84 Å². The first kappa shape index (κ1) is 15.0. The minimum absolute atomic E-state index is 0.162. The highest BCUT2D eigenvalue weighted by molar-refractivity contribution is 7.91. The average molecular weight is 313 g/mol. The fourth-order valence-corrected chi connectivity index (χ4v) is 3.83. The Bertz CT molecular complexity index is 662. The highest BCUT2D eigenvalue weighted by Crippen LogP contribution is 2.20. The summed E-state index contributed by atoms with van der Waals surface area (Å²) >= 11 is 1.09. The van der Waals surface area contributed by atoms with Crippen LogP contribution in [-0.2, 0) is 23.2 Å². The van der Waals surface area contributed by atoms with Crippen LogP contribution in [0.3, 0.4) is 0 Å². The second-order valence-electron chi connectivity index (χ2n) is 4.10. The Kier molecular flexibility index (Phi) is 4.77. The molecule has 0 fully saturated rings. The molecule has 0 amide bonds. The second-order valence-corrected chi connectivity index (χ2v) is 7.01. The summed E-state index contributed by atoms with van der Waals surface area (Å²) in [7, 11) is -1.96. The lowest BCUT2D eigenvalue weighted by Gasteiger charge is -2.06. The Balaban J connectivity index is 2.04. The molecule has 0 atom stereocenters. The third-order valence-electron chi connectivity index (χ3n) is 2.70. The smallest absolute Gasteiger partial charge is 0.250 e. The van der Waals surface area contributed by atoms with Gasteiger partial charge in [0.2, 0.25) is 10.0 Å². The Morgan fingerprint density at radius 2 is 1.95 bits per heavy atom. The third kappa shape index (κ3) is 3.57. The highest BCUT2D eigenvalue weighted by Gasteiger charge is 2.16. The summed E-state index contributed by atoms with van der Waals surface area (Å²) in [4.78, 5) is 0. The zero-order valence-corrected chi connectivity index (χ0v) is 12.5. The van der Waals surface area contributed by atoms with Gasteiger partial charge in [-0.25, -0.2) is 13.1 Å². The van der Waals surface area contributed by atoms with Gasteiger partial charge in [-0.05, 0) is 34.7 Å². The fourth-order valence-electron chi connectivity index (χ4n) is 1.57. The molecule has 5 nitrogen and oxygen atoms in total. The average Bonchev–Trinajstić information content (AvgIpc) is 2.95. The van der Waals surface area contributed by atoms with Gasteiger partial charge in [0, 0.05) is 6.54 Å². The van der Waals surface area contributed by atoms with E-state index >= 15 is 0 Å². The van der Waals surface area contributed by atoms with Gasteiger partial charge in [-0.2, -0.15) is 0 Å². The molecule has 0 aliphatic rings. The van der Waals surface area contributed by atoms with Crippen LogP contribution in [0, 0.1) is 0 Å². The first-order valence-corrected chi connectivity index (χ1v) is 8.22. The summed E-state index contributed by atoms with van der Waals surface area (Å²) in [5.41, 5.74) is 1.44. The number of nitrogens with one attached hydrogen (secondary N) is 1. The van der Waals surface area contributed by atoms with Gasteiger partial charge in [-0.1, -0.05) is 12.1 Å². The Hall–Kier alpha value is -1.41. The maximum Gasteiger partial charge on any atom is 0.250 e. The van der Waals surface area contributed by atoms with Crippen LogP contribution in [0.1, 0.15) is 11.1 Å². The lowest BCUT2D eigenvalue weighted by molar-refractivity contribution is 0.282. The van der Waals surface area contributed by atoms with Crippen LogP contribution in [0.15, 0.2) is 39.9 Å². The number of hydrogen-bond donors (Lipinski definition) is 2. The van der Waals surface area contributed by atoms with E-state index in [1.54, 1.807) is 36.8 Å². The molecule has 0 bridgehead atoms. The standard InChI is InChI=1S/C13H15NO4S2/c1-18-12-4-2-10(3-5-12)7-14-20(16,17)13-6-11(8-15)9-19-13/h2-6,9,14-15H,7-8H2,1H3. The number of aliphatic hydroxyl groups is 1. The first-order chi connectivity index (χ1) is 9.55. The van der Waals surface area contributed by atoms with Crippen molar-refractivity contribution in [3.8, 4) is 5.75 Å². The monoisotopic (exact) mass is 313 g/mol. The van der Waals surface area contributed by atoms with Crippen molar-refractivity contribution in [2.24, 2.45) is 0 Å². The molecule has 1 aromatic heterocycles. The van der Waals surface area contributed by atoms with Crippen molar-refractivity contribution >= 4 is 21.4 Å². The molecule has 1 heterocycles. The van der Waals surface area contributed by atoms with Crippen LogP contribution in [0.5, 0.6) is 5.75 Å². The van der Waals surface area contributed by atoms with Crippen LogP contribution >= 0.6 is 11.3 Å². The maximum absolute atomic E-state index is 12.1. The number of benzene rings is 1. The van der Waals surface area contributed by atoms with Crippen molar-refractivity contribution in [3.05, 3.63) is 46.8 Å². The molecule has 0 unspecified atom stereocenters. The summed E-state index contributed by atoms with van der Waals surface area (Å²) in [5, 5.41) is 10.6. The van der Waals surface area contributed by atoms with Gasteiger partial charge in [0.1, 0.15) is 9.96 Å². The Morgan fingerprint density at radius 1 is 1.25 bits per heavy atom. The topological polar surface area (TPSA) is 75.6 Å². The first-order valence-electron chi connectivity index (χ1n) is 5.86. The van der Waals surface area contributed by atoms with Crippen molar-refractivity contribution < 1.29 is 18.3 Å². The van der Waals surface area contributed by atoms with Crippen LogP contribution in [0.4, 0.5) is 0 Å². The fraction of sp³-hybridized carbons (Fsp3) is 0.231. The van der Waals surface area contributed by atoms with E-state index in [0.717, 1.165) is 22.6 Å². The highest BCUT2D eigenvalue weighted by atomic mass is 32.2. The van der Waals surface area contributed by atoms with Gasteiger partial charge in [0.25, 0.3) is 0 Å². The van der Waals surface area contributed by atoms with E-state index in [1.165, 1.54) is 6.07 Å². The predicted octanol–water partition coefficient (Wildman–Crippen LogP) is 1.73. The quantitative estimate of drug-likeness (QED) is 0.851. The molecule has 2 N–H and O–H groups in total. The summed E-state index contributed by atoms with van der Waals surface area (Å²) in [6.45, 7) is 0.0448. The Morgan fingerprint density at radius 3 is 2.50 bits per heavy atom. The van der Waals surface area contributed by atoms with Crippen molar-refractivity contribution in [1.29, 1.82) is 0 Å². The van der Waals surface area contributed by atoms with Crippen molar-refractivity contribution in [1.82, 2.24) is 4.72 Å². The van der Waals surface area contributed by atoms with E-state index < -0.39 is 10.0 Å². The number of sulfonamides is 1. The number of aliphatic hydroxyl groups excluding tert-OH is 1. The van der Waals surface area contributed by atoms with E-state index in [2.05, 4.69) is 4.72 Å². The van der Waals surface area contributed by atoms with E-state index in [-0.39, 0.29) is 17.4 Å². The number of rotatable bonds is 6. The molecule has 0 saturated heterocycles. The summed E-state index contributed by atoms with van der Waals surface area (Å²) in [6, 6.07) is 8.63. The summed E-state index contributed by atoms with van der Waals surface area (Å²) in [6.07, 6.45) is 0. The number of thiophene rings is 1. The Labute approximate surface area is 121 Å². The molecular formula is C13H15NO4S2. The normalized spacial score (nSPS) is 11.5. The van der Waals surface area contributed by atoms with E-state index in [1.807, 2.05) is 0 Å². The molecule has 20 heavy (non-hydrogen) atoms. The van der Waals surface area contributed by atoms with Crippen molar-refractivity contribution in [2.45, 2.75) is 17.4 Å². The van der Waals surface area contributed by atoms with Crippen molar-refractivity contribution in [3.63, 3.8) is 0 Å². The molecule has 0 spiro atoms. The van der Waals surface area contributed by atoms with E-state index in [4.69, 9.17) is 9.84 Å². The minimum atomic E-state index is -3.54. The van der Waals surface area contributed by atoms with E-state index in [9.17, 15) is 8.42 Å². The largest absolute Gasteiger partial charge is 0.497 e. The molecule has 7 heteroatoms. The van der Waals surface area contributed by atoms with Gasteiger partial charge in [0.15, 0.2) is 0 Å². The molecule has 0 aliphatic heterocycles. The van der Waals surface area contributed by atoms with Crippen LogP contribution in [0.25, 0.3) is 0 Å². The minimum Gasteiger partial charge on any atom is -0.497 e. The van der Waals surface area contributed by atoms with Gasteiger partial charge in [-0.3, -0.25) is 0 Å². The number of hydrogen-bond acceptors (Lipinski definition) is 5. The zero-order chi connectivity index (χ0) is 14.6. The van der Waals surface area contributed by atoms with E-state index in [0.29, 0.717) is 5.56 Å². The number of methoxy groups -OCH3 is 1. The molecule has 0 aliphatic carbocycles. The van der Waals surface area contributed by atoms with Gasteiger partial charge in [0.05, 0.1) is 13.7 Å². The lowest BCUT2D eigenvalue weighted by Crippen LogP contribution is -2.22. The summed E-state index contributed by atoms with van der Waals surface area (Å²) < 4.78 is 31.9. The van der Waals surface area contributed by atoms with Crippen LogP contribution in [-0.4, -0.2) is 20.6 Å². The van der Waals surface area contributed by atoms with Gasteiger partial charge in [-0.15, -0.1) is 11.3 Å². The lowest BCUT2D eigenvalue weighted by atomic mass is 10.2. The maximum atomic E-state index is 12.1. The molecule has 108 valence electrons.